The van der Waals surface area contributed by atoms with E-state index in [0.29, 0.717) is 12.1 Å². The molecule has 9 nitrogen and oxygen atoms in total. The molecule has 1 aromatic carbocycles. The molecule has 0 atom stereocenters. The van der Waals surface area contributed by atoms with Crippen molar-refractivity contribution < 1.29 is 4.79 Å². The molecule has 35 heavy (non-hydrogen) atoms. The minimum atomic E-state index is -0.0657. The monoisotopic (exact) mass is 470 g/mol. The number of piperidine rings is 1. The molecule has 5 rings (SSSR count). The highest BCUT2D eigenvalue weighted by atomic mass is 16.1. The fourth-order valence-corrected chi connectivity index (χ4v) is 4.61. The maximum atomic E-state index is 12.1. The van der Waals surface area contributed by atoms with Crippen LogP contribution < -0.4 is 10.2 Å². The molecule has 0 saturated carbocycles. The van der Waals surface area contributed by atoms with E-state index in [4.69, 9.17) is 4.98 Å². The van der Waals surface area contributed by atoms with E-state index in [1.807, 2.05) is 61.4 Å². The first kappa shape index (κ1) is 22.9. The van der Waals surface area contributed by atoms with Gasteiger partial charge in [-0.3, -0.25) is 9.78 Å². The number of benzene rings is 1. The van der Waals surface area contributed by atoms with Crippen molar-refractivity contribution in [3.8, 4) is 11.3 Å². The van der Waals surface area contributed by atoms with Gasteiger partial charge in [0.25, 0.3) is 5.91 Å². The van der Waals surface area contributed by atoms with Crippen molar-refractivity contribution in [1.29, 1.82) is 0 Å². The summed E-state index contributed by atoms with van der Waals surface area (Å²) in [6, 6.07) is 7.92. The minimum Gasteiger partial charge on any atom is -0.352 e. The predicted molar refractivity (Wildman–Crippen MR) is 135 cm³/mol. The zero-order chi connectivity index (χ0) is 24.4. The third kappa shape index (κ3) is 4.58. The van der Waals surface area contributed by atoms with Crippen molar-refractivity contribution >= 4 is 22.9 Å². The fraction of sp³-hybridized carbons (Fsp3) is 0.385. The highest BCUT2D eigenvalue weighted by Gasteiger charge is 2.24. The van der Waals surface area contributed by atoms with Gasteiger partial charge in [0.15, 0.2) is 0 Å². The number of rotatable bonds is 6. The van der Waals surface area contributed by atoms with Gasteiger partial charge in [-0.25, -0.2) is 14.6 Å². The van der Waals surface area contributed by atoms with Crippen LogP contribution in [0.5, 0.6) is 0 Å². The summed E-state index contributed by atoms with van der Waals surface area (Å²) in [5.74, 6) is 0.730. The summed E-state index contributed by atoms with van der Waals surface area (Å²) in [6.07, 6.45) is 8.52. The number of fused-ring (bicyclic) bond motifs is 1. The first-order valence-corrected chi connectivity index (χ1v) is 12.2. The Kier molecular flexibility index (Phi) is 6.39. The van der Waals surface area contributed by atoms with Crippen LogP contribution in [-0.2, 0) is 6.42 Å². The molecule has 0 radical (unpaired) electrons. The third-order valence-electron chi connectivity index (χ3n) is 6.65. The number of hydrogen-bond donors (Lipinski definition) is 1. The van der Waals surface area contributed by atoms with Crippen LogP contribution in [0.15, 0.2) is 42.9 Å². The molecule has 1 aliphatic heterocycles. The van der Waals surface area contributed by atoms with Gasteiger partial charge < -0.3 is 10.2 Å². The average molecular weight is 471 g/mol. The van der Waals surface area contributed by atoms with Crippen LogP contribution in [0.1, 0.15) is 54.2 Å². The molecule has 180 valence electrons. The second-order valence-electron chi connectivity index (χ2n) is 8.94. The molecule has 0 bridgehead atoms. The van der Waals surface area contributed by atoms with E-state index in [-0.39, 0.29) is 11.9 Å². The van der Waals surface area contributed by atoms with Crippen molar-refractivity contribution in [3.63, 3.8) is 0 Å². The summed E-state index contributed by atoms with van der Waals surface area (Å²) < 4.78 is 2.01. The lowest BCUT2D eigenvalue weighted by molar-refractivity contribution is 0.0955. The lowest BCUT2D eigenvalue weighted by Crippen LogP contribution is -2.36. The Bertz CT molecular complexity index is 1340. The van der Waals surface area contributed by atoms with Gasteiger partial charge in [0.2, 0.25) is 5.95 Å². The topological polar surface area (TPSA) is 102 Å². The molecule has 1 N–H and O–H groups in total. The van der Waals surface area contributed by atoms with E-state index >= 15 is 0 Å². The Labute approximate surface area is 204 Å². The number of carbonyl (C=O) groups is 1. The van der Waals surface area contributed by atoms with Gasteiger partial charge in [0.1, 0.15) is 11.0 Å². The van der Waals surface area contributed by atoms with Crippen molar-refractivity contribution in [2.75, 3.05) is 24.5 Å². The molecular weight excluding hydrogens is 440 g/mol. The van der Waals surface area contributed by atoms with Crippen LogP contribution in [0.25, 0.3) is 22.3 Å². The molecule has 3 aromatic heterocycles. The van der Waals surface area contributed by atoms with Crippen molar-refractivity contribution in [2.24, 2.45) is 0 Å². The summed E-state index contributed by atoms with van der Waals surface area (Å²) in [6.45, 7) is 8.37. The largest absolute Gasteiger partial charge is 0.352 e. The number of aryl methyl sites for hydroxylation is 2. The van der Waals surface area contributed by atoms with E-state index in [9.17, 15) is 4.79 Å². The molecule has 0 aliphatic carbocycles. The predicted octanol–water partition coefficient (Wildman–Crippen LogP) is 3.75. The quantitative estimate of drug-likeness (QED) is 0.458. The van der Waals surface area contributed by atoms with Crippen molar-refractivity contribution in [2.45, 2.75) is 46.1 Å². The number of anilines is 1. The molecule has 1 aliphatic rings. The lowest BCUT2D eigenvalue weighted by Gasteiger charge is -2.32. The van der Waals surface area contributed by atoms with E-state index in [2.05, 4.69) is 37.4 Å². The third-order valence-corrected chi connectivity index (χ3v) is 6.65. The van der Waals surface area contributed by atoms with Gasteiger partial charge in [-0.05, 0) is 62.4 Å². The molecule has 1 fully saturated rings. The first-order valence-electron chi connectivity index (χ1n) is 12.2. The Hall–Kier alpha value is -3.88. The number of nitrogens with one attached hydrogen (secondary N) is 1. The van der Waals surface area contributed by atoms with E-state index in [1.165, 1.54) is 0 Å². The smallest absolute Gasteiger partial charge is 0.251 e. The van der Waals surface area contributed by atoms with Crippen LogP contribution in [0.4, 0.5) is 5.95 Å². The first-order chi connectivity index (χ1) is 17.1. The van der Waals surface area contributed by atoms with Gasteiger partial charge in [0.05, 0.1) is 17.9 Å². The van der Waals surface area contributed by atoms with Crippen LogP contribution in [0.2, 0.25) is 0 Å². The van der Waals surface area contributed by atoms with Crippen molar-refractivity contribution in [1.82, 2.24) is 35.3 Å². The summed E-state index contributed by atoms with van der Waals surface area (Å²) >= 11 is 0. The molecule has 9 heteroatoms. The van der Waals surface area contributed by atoms with Gasteiger partial charge >= 0.3 is 0 Å². The zero-order valence-corrected chi connectivity index (χ0v) is 20.4. The Morgan fingerprint density at radius 1 is 1.06 bits per heavy atom. The second kappa shape index (κ2) is 9.77. The SMILES string of the molecule is CCNC(=O)c1ccc(-c2cc3nnn(C4CCN(c5ncc(CC)cn5)CC4)c3cn2)c(C)c1. The average Bonchev–Trinajstić information content (AvgIpc) is 3.32. The molecule has 1 amide bonds. The van der Waals surface area contributed by atoms with Gasteiger partial charge in [-0.1, -0.05) is 18.2 Å². The normalized spacial score (nSPS) is 14.4. The fourth-order valence-electron chi connectivity index (χ4n) is 4.61. The van der Waals surface area contributed by atoms with Crippen LogP contribution in [0, 0.1) is 6.92 Å². The number of aromatic nitrogens is 6. The highest BCUT2D eigenvalue weighted by Crippen LogP contribution is 2.29. The number of nitrogens with zero attached hydrogens (tertiary/aromatic N) is 7. The lowest BCUT2D eigenvalue weighted by atomic mass is 10.0. The zero-order valence-electron chi connectivity index (χ0n) is 20.4. The Morgan fingerprint density at radius 3 is 2.51 bits per heavy atom. The molecule has 1 saturated heterocycles. The van der Waals surface area contributed by atoms with E-state index < -0.39 is 0 Å². The summed E-state index contributed by atoms with van der Waals surface area (Å²) in [5, 5.41) is 11.8. The molecule has 0 unspecified atom stereocenters. The summed E-state index contributed by atoms with van der Waals surface area (Å²) in [5.41, 5.74) is 6.37. The number of amides is 1. The maximum Gasteiger partial charge on any atom is 0.251 e. The summed E-state index contributed by atoms with van der Waals surface area (Å²) in [7, 11) is 0. The molecule has 4 heterocycles. The standard InChI is InChI=1S/C26H30N8O/c1-4-18-14-29-26(30-15-18)33-10-8-20(9-11-33)34-24-16-28-22(13-23(24)31-32-34)21-7-6-19(12-17(21)3)25(35)27-5-2/h6-7,12-16,20H,4-5,8-11H2,1-3H3,(H,27,35). The second-order valence-corrected chi connectivity index (χ2v) is 8.94. The Balaban J connectivity index is 1.32. The van der Waals surface area contributed by atoms with Crippen LogP contribution >= 0.6 is 0 Å². The van der Waals surface area contributed by atoms with E-state index in [0.717, 1.165) is 71.7 Å². The van der Waals surface area contributed by atoms with E-state index in [1.54, 1.807) is 0 Å². The van der Waals surface area contributed by atoms with Crippen LogP contribution in [-0.4, -0.2) is 55.5 Å². The van der Waals surface area contributed by atoms with Gasteiger partial charge in [-0.2, -0.15) is 0 Å². The number of hydrogen-bond acceptors (Lipinski definition) is 7. The molecule has 0 spiro atoms. The highest BCUT2D eigenvalue weighted by molar-refractivity contribution is 5.95. The minimum absolute atomic E-state index is 0.0657. The number of pyridine rings is 1. The van der Waals surface area contributed by atoms with Crippen molar-refractivity contribution in [3.05, 3.63) is 59.5 Å². The van der Waals surface area contributed by atoms with Gasteiger partial charge in [-0.15, -0.1) is 5.10 Å². The summed E-state index contributed by atoms with van der Waals surface area (Å²) in [4.78, 5) is 28.2. The molecule has 4 aromatic rings. The van der Waals surface area contributed by atoms with Crippen LogP contribution in [0.3, 0.4) is 0 Å². The maximum absolute atomic E-state index is 12.1. The van der Waals surface area contributed by atoms with Gasteiger partial charge in [0, 0.05) is 43.2 Å². The Morgan fingerprint density at radius 2 is 1.83 bits per heavy atom. The number of carbonyl (C=O) groups excluding carboxylic acids is 1. The molecular formula is C26H30N8O.